The first-order valence-electron chi connectivity index (χ1n) is 9.06. The highest BCUT2D eigenvalue weighted by atomic mass is 19.1. The molecular formula is C22H28F2. The summed E-state index contributed by atoms with van der Waals surface area (Å²) in [6.07, 6.45) is 12.5. The van der Waals surface area contributed by atoms with E-state index in [1.54, 1.807) is 13.0 Å². The molecule has 0 spiro atoms. The van der Waals surface area contributed by atoms with Crippen LogP contribution in [-0.4, -0.2) is 0 Å². The molecule has 130 valence electrons. The Labute approximate surface area is 145 Å². The largest absolute Gasteiger partial charge is 0.207 e. The molecule has 0 aromatic rings. The van der Waals surface area contributed by atoms with Gasteiger partial charge in [0.1, 0.15) is 11.7 Å². The van der Waals surface area contributed by atoms with Crippen LogP contribution in [0, 0.1) is 0 Å². The Morgan fingerprint density at radius 2 is 1.29 bits per heavy atom. The van der Waals surface area contributed by atoms with Gasteiger partial charge in [-0.25, -0.2) is 8.78 Å². The van der Waals surface area contributed by atoms with Crippen molar-refractivity contribution in [3.8, 4) is 0 Å². The van der Waals surface area contributed by atoms with Gasteiger partial charge >= 0.3 is 0 Å². The molecule has 2 heteroatoms. The highest BCUT2D eigenvalue weighted by Crippen LogP contribution is 2.39. The summed E-state index contributed by atoms with van der Waals surface area (Å²) in [6.45, 7) is 7.93. The van der Waals surface area contributed by atoms with Crippen LogP contribution in [0.4, 0.5) is 8.78 Å². The van der Waals surface area contributed by atoms with Crippen molar-refractivity contribution in [1.29, 1.82) is 0 Å². The zero-order valence-corrected chi connectivity index (χ0v) is 15.3. The summed E-state index contributed by atoms with van der Waals surface area (Å²) in [5.74, 6) is -0.362. The molecule has 0 unspecified atom stereocenters. The van der Waals surface area contributed by atoms with Crippen LogP contribution in [0.2, 0.25) is 0 Å². The Morgan fingerprint density at radius 3 is 1.88 bits per heavy atom. The van der Waals surface area contributed by atoms with Gasteiger partial charge in [0.15, 0.2) is 0 Å². The molecule has 0 amide bonds. The van der Waals surface area contributed by atoms with E-state index in [0.29, 0.717) is 18.4 Å². The monoisotopic (exact) mass is 330 g/mol. The molecule has 0 aromatic heterocycles. The lowest BCUT2D eigenvalue weighted by atomic mass is 9.83. The van der Waals surface area contributed by atoms with E-state index in [1.165, 1.54) is 17.2 Å². The van der Waals surface area contributed by atoms with Gasteiger partial charge in [0, 0.05) is 0 Å². The molecule has 0 N–H and O–H groups in total. The molecule has 0 fully saturated rings. The summed E-state index contributed by atoms with van der Waals surface area (Å²) in [5, 5.41) is 0. The third-order valence-corrected chi connectivity index (χ3v) is 4.87. The summed E-state index contributed by atoms with van der Waals surface area (Å²) in [4.78, 5) is 0. The van der Waals surface area contributed by atoms with Gasteiger partial charge in [-0.1, -0.05) is 31.6 Å². The number of hydrogen-bond acceptors (Lipinski definition) is 0. The minimum atomic E-state index is -0.188. The molecule has 24 heavy (non-hydrogen) atoms. The first-order chi connectivity index (χ1) is 11.5. The van der Waals surface area contributed by atoms with Crippen LogP contribution in [0.15, 0.2) is 69.4 Å². The van der Waals surface area contributed by atoms with Crippen molar-refractivity contribution in [2.45, 2.75) is 66.2 Å². The number of allylic oxidation sites excluding steroid dienone is 12. The molecule has 0 nitrogen and oxygen atoms in total. The van der Waals surface area contributed by atoms with E-state index >= 15 is 0 Å². The molecule has 0 heterocycles. The normalized spacial score (nSPS) is 21.4. The van der Waals surface area contributed by atoms with E-state index in [2.05, 4.69) is 19.1 Å². The highest BCUT2D eigenvalue weighted by Gasteiger charge is 2.21. The van der Waals surface area contributed by atoms with Crippen LogP contribution < -0.4 is 0 Å². The van der Waals surface area contributed by atoms with Crippen LogP contribution in [0.3, 0.4) is 0 Å². The minimum absolute atomic E-state index is 0.174. The average Bonchev–Trinajstić information content (AvgIpc) is 2.60. The second kappa shape index (κ2) is 8.41. The maximum Gasteiger partial charge on any atom is 0.126 e. The molecule has 0 saturated carbocycles. The van der Waals surface area contributed by atoms with E-state index in [-0.39, 0.29) is 11.7 Å². The third-order valence-electron chi connectivity index (χ3n) is 4.87. The first kappa shape index (κ1) is 18.6. The molecule has 3 rings (SSSR count). The zero-order valence-electron chi connectivity index (χ0n) is 15.3. The van der Waals surface area contributed by atoms with Crippen molar-refractivity contribution in [1.82, 2.24) is 0 Å². The van der Waals surface area contributed by atoms with Crippen LogP contribution >= 0.6 is 0 Å². The van der Waals surface area contributed by atoms with Crippen molar-refractivity contribution in [2.75, 3.05) is 0 Å². The Bertz CT molecular complexity index is 679. The smallest absolute Gasteiger partial charge is 0.126 e. The average molecular weight is 330 g/mol. The number of hydrogen-bond donors (Lipinski definition) is 0. The maximum absolute atomic E-state index is 14.5. The van der Waals surface area contributed by atoms with Gasteiger partial charge in [-0.05, 0) is 92.4 Å². The minimum Gasteiger partial charge on any atom is -0.207 e. The number of rotatable bonds is 2. The molecule has 0 atom stereocenters. The molecule has 0 bridgehead atoms. The van der Waals surface area contributed by atoms with E-state index in [9.17, 15) is 8.78 Å². The van der Waals surface area contributed by atoms with E-state index < -0.39 is 0 Å². The second-order valence-corrected chi connectivity index (χ2v) is 6.50. The molecule has 0 aliphatic heterocycles. The van der Waals surface area contributed by atoms with Crippen molar-refractivity contribution < 1.29 is 8.78 Å². The SMILES string of the molecule is CC.CC1=CC=C(C2=CC(F)=C(C3=CC(F)=C(C)CC3)CC2)CC1. The lowest BCUT2D eigenvalue weighted by Crippen LogP contribution is -2.05. The summed E-state index contributed by atoms with van der Waals surface area (Å²) in [6, 6.07) is 0. The summed E-state index contributed by atoms with van der Waals surface area (Å²) in [7, 11) is 0. The molecule has 0 radical (unpaired) electrons. The molecular weight excluding hydrogens is 302 g/mol. The van der Waals surface area contributed by atoms with Crippen LogP contribution in [0.5, 0.6) is 0 Å². The summed E-state index contributed by atoms with van der Waals surface area (Å²) >= 11 is 0. The van der Waals surface area contributed by atoms with Gasteiger partial charge < -0.3 is 0 Å². The van der Waals surface area contributed by atoms with Gasteiger partial charge in [0.05, 0.1) is 0 Å². The quantitative estimate of drug-likeness (QED) is 0.489. The summed E-state index contributed by atoms with van der Waals surface area (Å²) in [5.41, 5.74) is 6.04. The molecule has 3 aliphatic carbocycles. The Balaban J connectivity index is 0.00000100. The van der Waals surface area contributed by atoms with Gasteiger partial charge in [-0.2, -0.15) is 0 Å². The van der Waals surface area contributed by atoms with Crippen molar-refractivity contribution in [2.24, 2.45) is 0 Å². The Morgan fingerprint density at radius 1 is 0.667 bits per heavy atom. The Kier molecular flexibility index (Phi) is 6.53. The van der Waals surface area contributed by atoms with E-state index in [4.69, 9.17) is 0 Å². The zero-order chi connectivity index (χ0) is 17.7. The van der Waals surface area contributed by atoms with Crippen molar-refractivity contribution in [3.63, 3.8) is 0 Å². The van der Waals surface area contributed by atoms with E-state index in [1.807, 2.05) is 13.8 Å². The van der Waals surface area contributed by atoms with Gasteiger partial charge in [-0.15, -0.1) is 0 Å². The first-order valence-corrected chi connectivity index (χ1v) is 9.06. The van der Waals surface area contributed by atoms with Crippen LogP contribution in [0.1, 0.15) is 66.2 Å². The highest BCUT2D eigenvalue weighted by molar-refractivity contribution is 5.50. The molecule has 0 saturated heterocycles. The van der Waals surface area contributed by atoms with Crippen molar-refractivity contribution in [3.05, 3.63) is 69.4 Å². The van der Waals surface area contributed by atoms with Gasteiger partial charge in [-0.3, -0.25) is 0 Å². The third kappa shape index (κ3) is 4.23. The summed E-state index contributed by atoms with van der Waals surface area (Å²) < 4.78 is 28.3. The van der Waals surface area contributed by atoms with E-state index in [0.717, 1.165) is 42.4 Å². The fourth-order valence-electron chi connectivity index (χ4n) is 3.30. The predicted octanol–water partition coefficient (Wildman–Crippen LogP) is 7.59. The maximum atomic E-state index is 14.5. The fourth-order valence-corrected chi connectivity index (χ4v) is 3.30. The standard InChI is InChI=1S/C20H22F2.C2H6/c1-13-3-6-15(7-4-13)16-9-10-18(20(22)11-16)17-8-5-14(2)19(21)12-17;1-2/h3,6,11-12H,4-5,7-10H2,1-2H3;1-2H3. The van der Waals surface area contributed by atoms with Gasteiger partial charge in [0.25, 0.3) is 0 Å². The Hall–Kier alpha value is -1.70. The lowest BCUT2D eigenvalue weighted by Gasteiger charge is -2.23. The topological polar surface area (TPSA) is 0 Å². The van der Waals surface area contributed by atoms with Crippen LogP contribution in [-0.2, 0) is 0 Å². The van der Waals surface area contributed by atoms with Crippen LogP contribution in [0.25, 0.3) is 0 Å². The predicted molar refractivity (Wildman–Crippen MR) is 99.0 cm³/mol. The molecule has 3 aliphatic rings. The van der Waals surface area contributed by atoms with Gasteiger partial charge in [0.2, 0.25) is 0 Å². The second-order valence-electron chi connectivity index (χ2n) is 6.50. The molecule has 0 aromatic carbocycles. The lowest BCUT2D eigenvalue weighted by molar-refractivity contribution is 0.614. The fraction of sp³-hybridized carbons (Fsp3) is 0.455. The number of halogens is 2. The van der Waals surface area contributed by atoms with Crippen molar-refractivity contribution >= 4 is 0 Å².